The number of fused-ring (bicyclic) bond motifs is 1. The molecule has 154 valence electrons. The second kappa shape index (κ2) is 7.82. The lowest BCUT2D eigenvalue weighted by atomic mass is 10.0. The maximum atomic E-state index is 13.2. The molecule has 2 heterocycles. The Balaban J connectivity index is 1.83. The average molecular weight is 402 g/mol. The first-order chi connectivity index (χ1) is 14.4. The molecule has 0 fully saturated rings. The standard InChI is InChI=1S/C25H26N2O3/c1-16-5-12-21-23(13-16)26(15-24(28)27-17(2)6-7-18(27)3)14-22(25(21)29)19-8-10-20(30-4)11-9-19/h5-14,17-18H,15H2,1-4H3. The van der Waals surface area contributed by atoms with E-state index >= 15 is 0 Å². The number of rotatable bonds is 4. The molecule has 3 aromatic rings. The summed E-state index contributed by atoms with van der Waals surface area (Å²) in [5, 5.41) is 0.613. The molecule has 1 amide bonds. The summed E-state index contributed by atoms with van der Waals surface area (Å²) in [4.78, 5) is 28.3. The number of hydrogen-bond donors (Lipinski definition) is 0. The molecule has 0 saturated carbocycles. The predicted octanol–water partition coefficient (Wildman–Crippen LogP) is 4.16. The molecule has 5 heteroatoms. The molecule has 4 rings (SSSR count). The van der Waals surface area contributed by atoms with E-state index in [1.54, 1.807) is 7.11 Å². The number of hydrogen-bond acceptors (Lipinski definition) is 3. The van der Waals surface area contributed by atoms with Crippen molar-refractivity contribution in [1.82, 2.24) is 9.47 Å². The second-order valence-corrected chi connectivity index (χ2v) is 7.92. The minimum absolute atomic E-state index is 0.0344. The Hall–Kier alpha value is -3.34. The van der Waals surface area contributed by atoms with Crippen LogP contribution >= 0.6 is 0 Å². The molecule has 2 aromatic carbocycles. The lowest BCUT2D eigenvalue weighted by molar-refractivity contribution is -0.133. The Kier molecular flexibility index (Phi) is 5.20. The summed E-state index contributed by atoms with van der Waals surface area (Å²) in [6.45, 7) is 6.21. The maximum Gasteiger partial charge on any atom is 0.243 e. The number of benzene rings is 2. The van der Waals surface area contributed by atoms with Crippen LogP contribution in [0, 0.1) is 6.92 Å². The molecular formula is C25H26N2O3. The zero-order valence-corrected chi connectivity index (χ0v) is 17.8. The molecular weight excluding hydrogens is 376 g/mol. The average Bonchev–Trinajstić information content (AvgIpc) is 3.08. The van der Waals surface area contributed by atoms with E-state index in [9.17, 15) is 9.59 Å². The lowest BCUT2D eigenvalue weighted by Gasteiger charge is -2.27. The van der Waals surface area contributed by atoms with E-state index in [-0.39, 0.29) is 30.0 Å². The first kappa shape index (κ1) is 20.0. The van der Waals surface area contributed by atoms with Crippen LogP contribution in [0.4, 0.5) is 0 Å². The highest BCUT2D eigenvalue weighted by Crippen LogP contribution is 2.24. The van der Waals surface area contributed by atoms with Gasteiger partial charge in [-0.15, -0.1) is 0 Å². The molecule has 0 aliphatic carbocycles. The van der Waals surface area contributed by atoms with Crippen LogP contribution < -0.4 is 10.2 Å². The molecule has 5 nitrogen and oxygen atoms in total. The molecule has 1 aromatic heterocycles. The van der Waals surface area contributed by atoms with Gasteiger partial charge in [-0.25, -0.2) is 0 Å². The van der Waals surface area contributed by atoms with Crippen LogP contribution in [0.25, 0.3) is 22.0 Å². The van der Waals surface area contributed by atoms with Gasteiger partial charge in [0.05, 0.1) is 12.6 Å². The van der Waals surface area contributed by atoms with Crippen LogP contribution in [-0.4, -0.2) is 34.6 Å². The first-order valence-electron chi connectivity index (χ1n) is 10.2. The predicted molar refractivity (Wildman–Crippen MR) is 120 cm³/mol. The largest absolute Gasteiger partial charge is 0.497 e. The molecule has 0 N–H and O–H groups in total. The van der Waals surface area contributed by atoms with E-state index < -0.39 is 0 Å². The molecule has 1 aliphatic heterocycles. The van der Waals surface area contributed by atoms with Crippen LogP contribution in [-0.2, 0) is 11.3 Å². The van der Waals surface area contributed by atoms with Crippen molar-refractivity contribution in [3.8, 4) is 16.9 Å². The second-order valence-electron chi connectivity index (χ2n) is 7.92. The quantitative estimate of drug-likeness (QED) is 0.616. The number of nitrogens with zero attached hydrogens (tertiary/aromatic N) is 2. The van der Waals surface area contributed by atoms with Gasteiger partial charge in [0.25, 0.3) is 0 Å². The Bertz CT molecular complexity index is 1180. The fourth-order valence-corrected chi connectivity index (χ4v) is 4.17. The molecule has 0 spiro atoms. The zero-order chi connectivity index (χ0) is 21.4. The number of amides is 1. The van der Waals surface area contributed by atoms with Crippen LogP contribution in [0.3, 0.4) is 0 Å². The van der Waals surface area contributed by atoms with Crippen molar-refractivity contribution in [2.45, 2.75) is 39.4 Å². The number of pyridine rings is 1. The van der Waals surface area contributed by atoms with Gasteiger partial charge in [0.2, 0.25) is 5.91 Å². The van der Waals surface area contributed by atoms with Crippen molar-refractivity contribution < 1.29 is 9.53 Å². The van der Waals surface area contributed by atoms with Gasteiger partial charge in [-0.05, 0) is 56.2 Å². The summed E-state index contributed by atoms with van der Waals surface area (Å²) >= 11 is 0. The van der Waals surface area contributed by atoms with Crippen molar-refractivity contribution in [2.75, 3.05) is 7.11 Å². The monoisotopic (exact) mass is 402 g/mol. The van der Waals surface area contributed by atoms with E-state index in [2.05, 4.69) is 12.2 Å². The van der Waals surface area contributed by atoms with Crippen molar-refractivity contribution in [3.05, 3.63) is 76.6 Å². The fourth-order valence-electron chi connectivity index (χ4n) is 4.17. The topological polar surface area (TPSA) is 51.5 Å². The number of aryl methyl sites for hydroxylation is 1. The van der Waals surface area contributed by atoms with E-state index in [0.717, 1.165) is 22.4 Å². The van der Waals surface area contributed by atoms with Crippen molar-refractivity contribution in [3.63, 3.8) is 0 Å². The van der Waals surface area contributed by atoms with Gasteiger partial charge in [0, 0.05) is 29.2 Å². The Morgan fingerprint density at radius 2 is 1.70 bits per heavy atom. The summed E-state index contributed by atoms with van der Waals surface area (Å²) in [5.74, 6) is 0.766. The molecule has 0 radical (unpaired) electrons. The Labute approximate surface area is 176 Å². The highest BCUT2D eigenvalue weighted by molar-refractivity contribution is 5.87. The SMILES string of the molecule is COc1ccc(-c2cn(CC(=O)N3C(C)C=CC3C)c3cc(C)ccc3c2=O)cc1. The zero-order valence-electron chi connectivity index (χ0n) is 17.8. The normalized spacial score (nSPS) is 18.2. The number of methoxy groups -OCH3 is 1. The van der Waals surface area contributed by atoms with E-state index in [1.807, 2.05) is 78.9 Å². The molecule has 2 unspecified atom stereocenters. The highest BCUT2D eigenvalue weighted by atomic mass is 16.5. The smallest absolute Gasteiger partial charge is 0.243 e. The summed E-state index contributed by atoms with van der Waals surface area (Å²) in [7, 11) is 1.61. The van der Waals surface area contributed by atoms with Crippen molar-refractivity contribution >= 4 is 16.8 Å². The van der Waals surface area contributed by atoms with Gasteiger partial charge < -0.3 is 14.2 Å². The van der Waals surface area contributed by atoms with E-state index in [4.69, 9.17) is 4.74 Å². The number of carbonyl (C=O) groups excluding carboxylic acids is 1. The van der Waals surface area contributed by atoms with E-state index in [0.29, 0.717) is 10.9 Å². The molecule has 2 atom stereocenters. The van der Waals surface area contributed by atoms with Gasteiger partial charge in [-0.3, -0.25) is 9.59 Å². The van der Waals surface area contributed by atoms with Gasteiger partial charge in [-0.2, -0.15) is 0 Å². The molecule has 0 saturated heterocycles. The third kappa shape index (κ3) is 3.52. The number of carbonyl (C=O) groups is 1. The summed E-state index contributed by atoms with van der Waals surface area (Å²) in [6, 6.07) is 13.3. The molecule has 0 bridgehead atoms. The van der Waals surface area contributed by atoms with Gasteiger partial charge in [0.1, 0.15) is 12.3 Å². The van der Waals surface area contributed by atoms with Crippen LogP contribution in [0.1, 0.15) is 19.4 Å². The van der Waals surface area contributed by atoms with Crippen molar-refractivity contribution in [2.24, 2.45) is 0 Å². The number of aromatic nitrogens is 1. The lowest BCUT2D eigenvalue weighted by Crippen LogP contribution is -2.41. The highest BCUT2D eigenvalue weighted by Gasteiger charge is 2.27. The van der Waals surface area contributed by atoms with Gasteiger partial charge in [-0.1, -0.05) is 30.4 Å². The Morgan fingerprint density at radius 1 is 1.03 bits per heavy atom. The minimum Gasteiger partial charge on any atom is -0.497 e. The maximum absolute atomic E-state index is 13.2. The van der Waals surface area contributed by atoms with Crippen molar-refractivity contribution in [1.29, 1.82) is 0 Å². The van der Waals surface area contributed by atoms with Gasteiger partial charge >= 0.3 is 0 Å². The van der Waals surface area contributed by atoms with E-state index in [1.165, 1.54) is 0 Å². The van der Waals surface area contributed by atoms with Crippen LogP contribution in [0.15, 0.2) is 65.6 Å². The van der Waals surface area contributed by atoms with Crippen LogP contribution in [0.5, 0.6) is 5.75 Å². The molecule has 30 heavy (non-hydrogen) atoms. The van der Waals surface area contributed by atoms with Gasteiger partial charge in [0.15, 0.2) is 5.43 Å². The third-order valence-electron chi connectivity index (χ3n) is 5.78. The summed E-state index contributed by atoms with van der Waals surface area (Å²) in [6.07, 6.45) is 5.92. The van der Waals surface area contributed by atoms with Crippen LogP contribution in [0.2, 0.25) is 0 Å². The summed E-state index contributed by atoms with van der Waals surface area (Å²) < 4.78 is 7.14. The first-order valence-corrected chi connectivity index (χ1v) is 10.2. The fraction of sp³-hybridized carbons (Fsp3) is 0.280. The minimum atomic E-state index is -0.0385. The molecule has 1 aliphatic rings. The number of ether oxygens (including phenoxy) is 1. The Morgan fingerprint density at radius 3 is 2.33 bits per heavy atom. The third-order valence-corrected chi connectivity index (χ3v) is 5.78. The summed E-state index contributed by atoms with van der Waals surface area (Å²) in [5.41, 5.74) is 3.16.